The Hall–Kier alpha value is 0.498. The van der Waals surface area contributed by atoms with E-state index in [1.165, 1.54) is 9.37 Å². The molecule has 2 rings (SSSR count). The second kappa shape index (κ2) is 10.3. The van der Waals surface area contributed by atoms with E-state index in [9.17, 15) is 0 Å². The van der Waals surface area contributed by atoms with E-state index in [1.54, 1.807) is 0 Å². The summed E-state index contributed by atoms with van der Waals surface area (Å²) < 4.78 is 7.46. The summed E-state index contributed by atoms with van der Waals surface area (Å²) in [5.74, 6) is 0. The van der Waals surface area contributed by atoms with Gasteiger partial charge in [0.05, 0.1) is 6.61 Å². The van der Waals surface area contributed by atoms with Crippen LogP contribution in [0.1, 0.15) is 5.56 Å². The molecule has 0 saturated carbocycles. The molecule has 0 spiro atoms. The van der Waals surface area contributed by atoms with Crippen LogP contribution in [-0.4, -0.2) is 28.7 Å². The van der Waals surface area contributed by atoms with Crippen LogP contribution in [0, 0.1) is 3.80 Å². The number of nitrogens with zero attached hydrogens (tertiary/aromatic N) is 3. The molecular formula is C13H17I2N3OPt. The first kappa shape index (κ1) is 18.5. The van der Waals surface area contributed by atoms with Gasteiger partial charge in [-0.05, 0) is 0 Å². The van der Waals surface area contributed by atoms with Gasteiger partial charge in [0.2, 0.25) is 0 Å². The maximum atomic E-state index is 8.19. The number of halogens is 2. The van der Waals surface area contributed by atoms with Crippen LogP contribution in [0.25, 0.3) is 0 Å². The predicted molar refractivity (Wildman–Crippen MR) is 94.0 cm³/mol. The van der Waals surface area contributed by atoms with Crippen LogP contribution < -0.4 is 0 Å². The van der Waals surface area contributed by atoms with Gasteiger partial charge in [-0.3, -0.25) is 0 Å². The molecule has 1 N–H and O–H groups in total. The van der Waals surface area contributed by atoms with Crippen molar-refractivity contribution in [2.75, 3.05) is 13.2 Å². The van der Waals surface area contributed by atoms with E-state index in [1.807, 2.05) is 7.39 Å². The number of imidazole rings is 1. The molecule has 0 unspecified atom stereocenters. The first-order valence-electron chi connectivity index (χ1n) is 5.95. The summed E-state index contributed by atoms with van der Waals surface area (Å²) in [6, 6.07) is 10.5. The van der Waals surface area contributed by atoms with Gasteiger partial charge in [-0.15, -0.1) is 0 Å². The minimum atomic E-state index is 0.242. The number of aryl methyl sites for hydroxylation is 1. The summed E-state index contributed by atoms with van der Waals surface area (Å²) in [6.07, 6.45) is 4.18. The first-order chi connectivity index (χ1) is 9.54. The van der Waals surface area contributed by atoms with Crippen molar-refractivity contribution < 1.29 is 24.5 Å². The zero-order valence-corrected chi connectivity index (χ0v) is 17.6. The van der Waals surface area contributed by atoms with Gasteiger partial charge < -0.3 is 5.11 Å². The summed E-state index contributed by atoms with van der Waals surface area (Å²) >= 11 is 6.54. The quantitative estimate of drug-likeness (QED) is 0.399. The molecule has 1 aromatic carbocycles. The Morgan fingerprint density at radius 2 is 1.85 bits per heavy atom. The van der Waals surface area contributed by atoms with Crippen LogP contribution in [-0.2, 0) is 32.9 Å². The minimum Gasteiger partial charge on any atom is -0.395 e. The number of aliphatic hydroxyl groups is 1. The summed E-state index contributed by atoms with van der Waals surface area (Å²) in [7, 11) is 2.06. The van der Waals surface area contributed by atoms with Crippen LogP contribution >= 0.6 is 45.7 Å². The van der Waals surface area contributed by atoms with Crippen molar-refractivity contribution in [3.63, 3.8) is 0 Å². The van der Waals surface area contributed by atoms with Crippen LogP contribution in [0.15, 0.2) is 42.7 Å². The van der Waals surface area contributed by atoms with Crippen molar-refractivity contribution in [1.29, 1.82) is 0 Å². The molecule has 1 heterocycles. The second-order valence-corrected chi connectivity index (χ2v) is 9.21. The van der Waals surface area contributed by atoms with Gasteiger partial charge in [-0.25, -0.2) is 0 Å². The molecule has 4 nitrogen and oxygen atoms in total. The van der Waals surface area contributed by atoms with Gasteiger partial charge in [-0.2, -0.15) is 1.33 Å². The minimum absolute atomic E-state index is 0.242. The second-order valence-electron chi connectivity index (χ2n) is 4.01. The number of benzene rings is 1. The third-order valence-electron chi connectivity index (χ3n) is 2.42. The molecule has 2 aromatic rings. The Kier molecular flexibility index (Phi) is 9.52. The molecule has 20 heavy (non-hydrogen) atoms. The third kappa shape index (κ3) is 6.97. The van der Waals surface area contributed by atoms with Crippen molar-refractivity contribution in [3.05, 3.63) is 52.1 Å². The summed E-state index contributed by atoms with van der Waals surface area (Å²) in [4.78, 5) is 0. The van der Waals surface area contributed by atoms with Gasteiger partial charge in [0.15, 0.2) is 0 Å². The Morgan fingerprint density at radius 3 is 2.25 bits per heavy atom. The fourth-order valence-electron chi connectivity index (χ4n) is 1.47. The van der Waals surface area contributed by atoms with Crippen LogP contribution in [0.4, 0.5) is 0 Å². The molecule has 0 atom stereocenters. The Morgan fingerprint density at radius 1 is 1.20 bits per heavy atom. The van der Waals surface area contributed by atoms with Crippen LogP contribution in [0.3, 0.4) is 0 Å². The molecular weight excluding hydrogens is 663 g/mol. The largest absolute Gasteiger partial charge is 0.395 e. The molecule has 0 radical (unpaired) electrons. The van der Waals surface area contributed by atoms with E-state index in [4.69, 9.17) is 5.11 Å². The number of hydrogen-bond donors (Lipinski definition) is 1. The SMILES string of the molecule is Cn1ccn(Cc2ccccc2)[c]1=[Pt].OCCN(I)I. The van der Waals surface area contributed by atoms with Crippen molar-refractivity contribution in [2.45, 2.75) is 6.54 Å². The fraction of sp³-hybridized carbons (Fsp3) is 0.308. The summed E-state index contributed by atoms with van der Waals surface area (Å²) in [6.45, 7) is 1.92. The Bertz CT molecular complexity index is 554. The number of hydrogen-bond acceptors (Lipinski definition) is 2. The number of aromatic nitrogens is 2. The monoisotopic (exact) mass is 680 g/mol. The van der Waals surface area contributed by atoms with E-state index in [0.29, 0.717) is 0 Å². The molecule has 0 aliphatic rings. The third-order valence-corrected chi connectivity index (χ3v) is 4.84. The topological polar surface area (TPSA) is 33.3 Å². The fourth-order valence-corrected chi connectivity index (χ4v) is 2.42. The van der Waals surface area contributed by atoms with Crippen molar-refractivity contribution in [3.8, 4) is 0 Å². The van der Waals surface area contributed by atoms with Crippen molar-refractivity contribution >= 4 is 45.7 Å². The Balaban J connectivity index is 0.000000286. The average molecular weight is 680 g/mol. The molecule has 0 aliphatic heterocycles. The average Bonchev–Trinajstić information content (AvgIpc) is 2.73. The molecule has 0 amide bonds. The Labute approximate surface area is 158 Å². The van der Waals surface area contributed by atoms with E-state index in [-0.39, 0.29) is 6.61 Å². The molecule has 0 saturated heterocycles. The van der Waals surface area contributed by atoms with Gasteiger partial charge >= 0.3 is 94.2 Å². The zero-order chi connectivity index (χ0) is 15.0. The van der Waals surface area contributed by atoms with Crippen molar-refractivity contribution in [2.24, 2.45) is 7.05 Å². The van der Waals surface area contributed by atoms with E-state index < -0.39 is 0 Å². The van der Waals surface area contributed by atoms with Gasteiger partial charge in [0.1, 0.15) is 0 Å². The molecule has 7 heteroatoms. The van der Waals surface area contributed by atoms with E-state index in [2.05, 4.69) is 118 Å². The maximum Gasteiger partial charge on any atom is 0.0575 e. The van der Waals surface area contributed by atoms with Gasteiger partial charge in [0, 0.05) is 52.3 Å². The molecule has 0 bridgehead atoms. The predicted octanol–water partition coefficient (Wildman–Crippen LogP) is 2.93. The normalized spacial score (nSPS) is 10.3. The summed E-state index contributed by atoms with van der Waals surface area (Å²) in [5.41, 5.74) is 1.34. The van der Waals surface area contributed by atoms with Crippen LogP contribution in [0.2, 0.25) is 0 Å². The maximum absolute atomic E-state index is 8.19. The standard InChI is InChI=1S/C11H12N2.C2H5I2NO.Pt/c1-12-7-8-13(10-12)9-11-5-3-2-4-6-11;3-5(4)1-2-6;/h2-8H,9H2,1H3;6H,1-2H2;. The molecule has 1 aromatic heterocycles. The van der Waals surface area contributed by atoms with E-state index in [0.717, 1.165) is 13.1 Å². The van der Waals surface area contributed by atoms with Gasteiger partial charge in [0.25, 0.3) is 0 Å². The number of aliphatic hydroxyl groups excluding tert-OH is 1. The molecule has 0 fully saturated rings. The van der Waals surface area contributed by atoms with Crippen LogP contribution in [0.5, 0.6) is 0 Å². The smallest absolute Gasteiger partial charge is 0.0575 e. The van der Waals surface area contributed by atoms with Gasteiger partial charge in [-0.1, -0.05) is 0 Å². The van der Waals surface area contributed by atoms with E-state index >= 15 is 0 Å². The molecule has 114 valence electrons. The zero-order valence-electron chi connectivity index (χ0n) is 11.0. The summed E-state index contributed by atoms with van der Waals surface area (Å²) in [5, 5.41) is 8.19. The number of rotatable bonds is 4. The van der Waals surface area contributed by atoms with Crippen molar-refractivity contribution in [1.82, 2.24) is 10.5 Å². The molecule has 0 aliphatic carbocycles. The first-order valence-corrected chi connectivity index (χ1v) is 9.02.